The van der Waals surface area contributed by atoms with Gasteiger partial charge in [0, 0.05) is 18.5 Å². The Morgan fingerprint density at radius 1 is 1.48 bits per heavy atom. The van der Waals surface area contributed by atoms with Crippen LogP contribution in [0.15, 0.2) is 35.5 Å². The summed E-state index contributed by atoms with van der Waals surface area (Å²) < 4.78 is 39.8. The monoisotopic (exact) mass is 314 g/mol. The van der Waals surface area contributed by atoms with Crippen molar-refractivity contribution in [1.82, 2.24) is 14.7 Å². The summed E-state index contributed by atoms with van der Waals surface area (Å²) in [6, 6.07) is 1.70. The molecule has 10 heteroatoms. The molecule has 112 valence electrons. The summed E-state index contributed by atoms with van der Waals surface area (Å²) in [5.41, 5.74) is -0.900. The lowest BCUT2D eigenvalue weighted by Crippen LogP contribution is -2.27. The van der Waals surface area contributed by atoms with Gasteiger partial charge >= 0.3 is 5.69 Å². The molecule has 0 aliphatic rings. The van der Waals surface area contributed by atoms with Crippen LogP contribution in [0.1, 0.15) is 18.8 Å². The maximum atomic E-state index is 13.2. The van der Waals surface area contributed by atoms with E-state index >= 15 is 0 Å². The lowest BCUT2D eigenvalue weighted by Gasteiger charge is -2.12. The fourth-order valence-electron chi connectivity index (χ4n) is 1.67. The van der Waals surface area contributed by atoms with Gasteiger partial charge in [-0.3, -0.25) is 10.1 Å². The Labute approximate surface area is 119 Å². The van der Waals surface area contributed by atoms with E-state index in [1.165, 1.54) is 12.4 Å². The van der Waals surface area contributed by atoms with Crippen molar-refractivity contribution >= 4 is 15.7 Å². The number of hydrogen-bond acceptors (Lipinski definition) is 5. The first-order valence-corrected chi connectivity index (χ1v) is 7.25. The number of aromatic nitrogens is 2. The molecule has 1 aromatic carbocycles. The smallest absolute Gasteiger partial charge is 0.306 e. The minimum atomic E-state index is -4.04. The molecule has 2 aromatic rings. The van der Waals surface area contributed by atoms with Crippen LogP contribution in [0.3, 0.4) is 0 Å². The van der Waals surface area contributed by atoms with Crippen molar-refractivity contribution in [2.45, 2.75) is 17.9 Å². The van der Waals surface area contributed by atoms with E-state index in [1.54, 1.807) is 6.92 Å². The molecule has 0 spiro atoms. The van der Waals surface area contributed by atoms with Crippen LogP contribution in [0.2, 0.25) is 0 Å². The Hall–Kier alpha value is -2.33. The number of benzene rings is 1. The van der Waals surface area contributed by atoms with Gasteiger partial charge < -0.3 is 4.98 Å². The average Bonchev–Trinajstić information content (AvgIpc) is 2.92. The Morgan fingerprint density at radius 2 is 2.19 bits per heavy atom. The van der Waals surface area contributed by atoms with E-state index in [1.807, 2.05) is 0 Å². The zero-order chi connectivity index (χ0) is 15.6. The zero-order valence-corrected chi connectivity index (χ0v) is 11.6. The average molecular weight is 314 g/mol. The molecule has 0 aliphatic heterocycles. The van der Waals surface area contributed by atoms with Crippen molar-refractivity contribution in [2.75, 3.05) is 0 Å². The van der Waals surface area contributed by atoms with Gasteiger partial charge in [-0.1, -0.05) is 0 Å². The number of nitro benzene ring substituents is 1. The predicted molar refractivity (Wildman–Crippen MR) is 70.4 cm³/mol. The van der Waals surface area contributed by atoms with E-state index in [4.69, 9.17) is 0 Å². The first-order chi connectivity index (χ1) is 9.81. The van der Waals surface area contributed by atoms with Gasteiger partial charge in [0.25, 0.3) is 0 Å². The zero-order valence-electron chi connectivity index (χ0n) is 10.8. The van der Waals surface area contributed by atoms with E-state index in [-0.39, 0.29) is 0 Å². The summed E-state index contributed by atoms with van der Waals surface area (Å²) in [6.45, 7) is 1.55. The third kappa shape index (κ3) is 3.23. The van der Waals surface area contributed by atoms with Gasteiger partial charge in [0.05, 0.1) is 15.9 Å². The largest absolute Gasteiger partial charge is 0.347 e. The third-order valence-electron chi connectivity index (χ3n) is 2.69. The first kappa shape index (κ1) is 15.1. The summed E-state index contributed by atoms with van der Waals surface area (Å²) in [5, 5.41) is 10.6. The number of aromatic amines is 1. The summed E-state index contributed by atoms with van der Waals surface area (Å²) in [7, 11) is -4.04. The molecule has 1 unspecified atom stereocenters. The normalized spacial score (nSPS) is 13.0. The van der Waals surface area contributed by atoms with Crippen LogP contribution >= 0.6 is 0 Å². The van der Waals surface area contributed by atoms with Crippen molar-refractivity contribution in [1.29, 1.82) is 0 Å². The fourth-order valence-corrected chi connectivity index (χ4v) is 2.90. The van der Waals surface area contributed by atoms with Crippen LogP contribution < -0.4 is 4.72 Å². The van der Waals surface area contributed by atoms with Crippen LogP contribution in [0, 0.1) is 15.9 Å². The summed E-state index contributed by atoms with van der Waals surface area (Å²) in [5.74, 6) is -0.715. The van der Waals surface area contributed by atoms with Gasteiger partial charge in [0.2, 0.25) is 15.8 Å². The van der Waals surface area contributed by atoms with Crippen molar-refractivity contribution in [2.24, 2.45) is 0 Å². The van der Waals surface area contributed by atoms with Crippen LogP contribution in [-0.4, -0.2) is 23.3 Å². The van der Waals surface area contributed by atoms with Crippen LogP contribution in [0.25, 0.3) is 0 Å². The van der Waals surface area contributed by atoms with Crippen molar-refractivity contribution in [3.05, 3.63) is 52.3 Å². The van der Waals surface area contributed by atoms with Crippen molar-refractivity contribution < 1.29 is 17.7 Å². The second-order valence-electron chi connectivity index (χ2n) is 4.19. The van der Waals surface area contributed by atoms with Gasteiger partial charge in [-0.25, -0.2) is 18.1 Å². The summed E-state index contributed by atoms with van der Waals surface area (Å²) in [6.07, 6.45) is 2.99. The van der Waals surface area contributed by atoms with E-state index in [0.717, 1.165) is 12.1 Å². The molecular weight excluding hydrogens is 303 g/mol. The quantitative estimate of drug-likeness (QED) is 0.640. The van der Waals surface area contributed by atoms with Crippen LogP contribution in [-0.2, 0) is 10.0 Å². The molecule has 0 saturated heterocycles. The topological polar surface area (TPSA) is 118 Å². The molecule has 0 fully saturated rings. The van der Waals surface area contributed by atoms with Crippen molar-refractivity contribution in [3.63, 3.8) is 0 Å². The van der Waals surface area contributed by atoms with Crippen LogP contribution in [0.4, 0.5) is 10.1 Å². The first-order valence-electron chi connectivity index (χ1n) is 5.77. The molecule has 2 N–H and O–H groups in total. The number of nitrogens with zero attached hydrogens (tertiary/aromatic N) is 2. The Morgan fingerprint density at radius 3 is 2.76 bits per heavy atom. The lowest BCUT2D eigenvalue weighted by molar-refractivity contribution is -0.387. The number of imidazole rings is 1. The second kappa shape index (κ2) is 5.58. The molecule has 8 nitrogen and oxygen atoms in total. The van der Waals surface area contributed by atoms with E-state index in [9.17, 15) is 22.9 Å². The van der Waals surface area contributed by atoms with E-state index in [2.05, 4.69) is 14.7 Å². The molecule has 1 aromatic heterocycles. The SMILES string of the molecule is CC(NS(=O)(=O)c1ccc(F)c([N+](=O)[O-])c1)c1ncc[nH]1. The Balaban J connectivity index is 2.32. The van der Waals surface area contributed by atoms with Gasteiger partial charge in [-0.2, -0.15) is 4.39 Å². The molecular formula is C11H11FN4O4S. The van der Waals surface area contributed by atoms with Crippen molar-refractivity contribution in [3.8, 4) is 0 Å². The molecule has 0 saturated carbocycles. The summed E-state index contributed by atoms with van der Waals surface area (Å²) in [4.78, 5) is 15.9. The number of H-pyrrole nitrogens is 1. The molecule has 21 heavy (non-hydrogen) atoms. The molecule has 2 rings (SSSR count). The number of halogens is 1. The Kier molecular flexibility index (Phi) is 4.00. The number of hydrogen-bond donors (Lipinski definition) is 2. The van der Waals surface area contributed by atoms with E-state index in [0.29, 0.717) is 11.9 Å². The number of rotatable bonds is 5. The molecule has 0 aliphatic carbocycles. The molecule has 0 amide bonds. The molecule has 0 radical (unpaired) electrons. The maximum absolute atomic E-state index is 13.2. The Bertz CT molecular complexity index is 761. The standard InChI is InChI=1S/C11H11FN4O4S/c1-7(11-13-4-5-14-11)15-21(19,20)8-2-3-9(12)10(6-8)16(17)18/h2-7,15H,1H3,(H,13,14). The van der Waals surface area contributed by atoms with Gasteiger partial charge in [-0.15, -0.1) is 0 Å². The predicted octanol–water partition coefficient (Wildman–Crippen LogP) is 1.50. The lowest BCUT2D eigenvalue weighted by atomic mass is 10.3. The fraction of sp³-hybridized carbons (Fsp3) is 0.182. The highest BCUT2D eigenvalue weighted by Crippen LogP contribution is 2.22. The highest BCUT2D eigenvalue weighted by atomic mass is 32.2. The second-order valence-corrected chi connectivity index (χ2v) is 5.90. The highest BCUT2D eigenvalue weighted by molar-refractivity contribution is 7.89. The molecule has 1 heterocycles. The summed E-state index contributed by atoms with van der Waals surface area (Å²) >= 11 is 0. The third-order valence-corrected chi connectivity index (χ3v) is 4.22. The van der Waals surface area contributed by atoms with Crippen LogP contribution in [0.5, 0.6) is 0 Å². The van der Waals surface area contributed by atoms with Gasteiger partial charge in [0.1, 0.15) is 5.82 Å². The number of nitrogens with one attached hydrogen (secondary N) is 2. The van der Waals surface area contributed by atoms with E-state index < -0.39 is 37.4 Å². The van der Waals surface area contributed by atoms with Gasteiger partial charge in [0.15, 0.2) is 0 Å². The maximum Gasteiger partial charge on any atom is 0.306 e. The highest BCUT2D eigenvalue weighted by Gasteiger charge is 2.24. The number of nitro groups is 1. The number of sulfonamides is 1. The van der Waals surface area contributed by atoms with Gasteiger partial charge in [-0.05, 0) is 19.1 Å². The molecule has 1 atom stereocenters. The minimum absolute atomic E-state index is 0.384. The minimum Gasteiger partial charge on any atom is -0.347 e. The molecule has 0 bridgehead atoms.